The van der Waals surface area contributed by atoms with Gasteiger partial charge in [-0.2, -0.15) is 0 Å². The maximum absolute atomic E-state index is 11.1. The summed E-state index contributed by atoms with van der Waals surface area (Å²) in [4.78, 5) is 4.16. The van der Waals surface area contributed by atoms with Crippen LogP contribution < -0.4 is 5.73 Å². The van der Waals surface area contributed by atoms with Crippen molar-refractivity contribution in [1.82, 2.24) is 9.55 Å². The van der Waals surface area contributed by atoms with Gasteiger partial charge in [-0.25, -0.2) is 4.98 Å². The lowest BCUT2D eigenvalue weighted by molar-refractivity contribution is 0.476. The molecular weight excluding hydrogens is 222 g/mol. The summed E-state index contributed by atoms with van der Waals surface area (Å²) in [5.74, 6) is 1.49. The molecule has 1 heterocycles. The lowest BCUT2D eigenvalue weighted by Gasteiger charge is -2.20. The zero-order valence-corrected chi connectivity index (χ0v) is 11.0. The summed E-state index contributed by atoms with van der Waals surface area (Å²) < 4.78 is 13.1. The first-order chi connectivity index (χ1) is 7.56. The van der Waals surface area contributed by atoms with Gasteiger partial charge in [-0.1, -0.05) is 13.8 Å². The number of aromatic nitrogens is 2. The van der Waals surface area contributed by atoms with Gasteiger partial charge in [-0.3, -0.25) is 4.21 Å². The molecular formula is C11H21N3OS. The Labute approximate surface area is 99.7 Å². The third kappa shape index (κ3) is 3.42. The van der Waals surface area contributed by atoms with Crippen LogP contribution in [0.15, 0.2) is 12.5 Å². The van der Waals surface area contributed by atoms with Crippen LogP contribution in [0, 0.1) is 5.92 Å². The van der Waals surface area contributed by atoms with Crippen LogP contribution in [-0.4, -0.2) is 32.3 Å². The van der Waals surface area contributed by atoms with Gasteiger partial charge in [0.15, 0.2) is 0 Å². The monoisotopic (exact) mass is 243 g/mol. The Balaban J connectivity index is 2.79. The summed E-state index contributed by atoms with van der Waals surface area (Å²) >= 11 is 0. The van der Waals surface area contributed by atoms with E-state index in [1.54, 1.807) is 12.6 Å². The molecule has 92 valence electrons. The predicted molar refractivity (Wildman–Crippen MR) is 67.8 cm³/mol. The van der Waals surface area contributed by atoms with Gasteiger partial charge in [-0.15, -0.1) is 0 Å². The molecule has 0 amide bonds. The zero-order valence-electron chi connectivity index (χ0n) is 10.2. The molecule has 0 bridgehead atoms. The number of hydrogen-bond acceptors (Lipinski definition) is 3. The summed E-state index contributed by atoms with van der Waals surface area (Å²) in [6, 6.07) is 0. The lowest BCUT2D eigenvalue weighted by atomic mass is 9.93. The van der Waals surface area contributed by atoms with Gasteiger partial charge in [0.1, 0.15) is 0 Å². The van der Waals surface area contributed by atoms with Crippen LogP contribution in [0.5, 0.6) is 0 Å². The lowest BCUT2D eigenvalue weighted by Crippen LogP contribution is -2.21. The molecule has 0 spiro atoms. The van der Waals surface area contributed by atoms with Crippen LogP contribution in [0.4, 0.5) is 0 Å². The maximum Gasteiger partial charge on any atom is 0.0948 e. The second kappa shape index (κ2) is 6.15. The largest absolute Gasteiger partial charge is 0.333 e. The number of rotatable bonds is 6. The van der Waals surface area contributed by atoms with Crippen molar-refractivity contribution in [2.45, 2.75) is 26.3 Å². The molecule has 0 aliphatic rings. The second-order valence-electron chi connectivity index (χ2n) is 4.38. The minimum atomic E-state index is -0.764. The van der Waals surface area contributed by atoms with Gasteiger partial charge < -0.3 is 10.3 Å². The Morgan fingerprint density at radius 1 is 1.56 bits per heavy atom. The number of nitrogens with two attached hydrogens (primary N) is 1. The van der Waals surface area contributed by atoms with E-state index >= 15 is 0 Å². The average molecular weight is 243 g/mol. The standard InChI is InChI=1S/C11H21N3OS/c1-9(2)10(6-12)11-7-13-8-14(11)4-5-16(3)15/h7-10H,4-6,12H2,1-3H3. The van der Waals surface area contributed by atoms with Crippen LogP contribution in [0.25, 0.3) is 0 Å². The molecule has 2 unspecified atom stereocenters. The molecule has 2 N–H and O–H groups in total. The molecule has 1 rings (SSSR count). The molecule has 0 aliphatic carbocycles. The van der Waals surface area contributed by atoms with E-state index in [1.165, 1.54) is 0 Å². The zero-order chi connectivity index (χ0) is 12.1. The molecule has 16 heavy (non-hydrogen) atoms. The summed E-state index contributed by atoms with van der Waals surface area (Å²) in [5.41, 5.74) is 6.94. The molecule has 1 aromatic heterocycles. The molecule has 5 heteroatoms. The smallest absolute Gasteiger partial charge is 0.0948 e. The molecule has 2 atom stereocenters. The van der Waals surface area contributed by atoms with Crippen LogP contribution in [-0.2, 0) is 17.3 Å². The fraction of sp³-hybridized carbons (Fsp3) is 0.727. The first-order valence-electron chi connectivity index (χ1n) is 5.56. The van der Waals surface area contributed by atoms with E-state index in [0.717, 1.165) is 12.2 Å². The first kappa shape index (κ1) is 13.4. The van der Waals surface area contributed by atoms with Crippen molar-refractivity contribution in [2.24, 2.45) is 11.7 Å². The van der Waals surface area contributed by atoms with Crippen molar-refractivity contribution in [3.8, 4) is 0 Å². The molecule has 0 saturated heterocycles. The molecule has 4 nitrogen and oxygen atoms in total. The van der Waals surface area contributed by atoms with E-state index in [4.69, 9.17) is 5.73 Å². The van der Waals surface area contributed by atoms with Crippen LogP contribution in [0.3, 0.4) is 0 Å². The van der Waals surface area contributed by atoms with Gasteiger partial charge in [0.25, 0.3) is 0 Å². The Hall–Kier alpha value is -0.680. The quantitative estimate of drug-likeness (QED) is 0.809. The van der Waals surface area contributed by atoms with E-state index < -0.39 is 10.8 Å². The maximum atomic E-state index is 11.1. The van der Waals surface area contributed by atoms with Crippen molar-refractivity contribution in [3.05, 3.63) is 18.2 Å². The minimum Gasteiger partial charge on any atom is -0.333 e. The van der Waals surface area contributed by atoms with Crippen molar-refractivity contribution in [1.29, 1.82) is 0 Å². The molecule has 0 aliphatic heterocycles. The third-order valence-electron chi connectivity index (χ3n) is 2.80. The van der Waals surface area contributed by atoms with Crippen molar-refractivity contribution in [3.63, 3.8) is 0 Å². The summed E-state index contributed by atoms with van der Waals surface area (Å²) in [6.07, 6.45) is 5.39. The molecule has 0 aromatic carbocycles. The highest BCUT2D eigenvalue weighted by Gasteiger charge is 2.17. The van der Waals surface area contributed by atoms with Crippen LogP contribution in [0.1, 0.15) is 25.5 Å². The van der Waals surface area contributed by atoms with E-state index in [2.05, 4.69) is 23.4 Å². The van der Waals surface area contributed by atoms with Crippen molar-refractivity contribution >= 4 is 10.8 Å². The Bertz CT molecular complexity index is 349. The molecule has 0 saturated carbocycles. The van der Waals surface area contributed by atoms with E-state index in [0.29, 0.717) is 24.1 Å². The van der Waals surface area contributed by atoms with E-state index in [9.17, 15) is 4.21 Å². The van der Waals surface area contributed by atoms with Crippen molar-refractivity contribution in [2.75, 3.05) is 18.6 Å². The highest BCUT2D eigenvalue weighted by atomic mass is 32.2. The van der Waals surface area contributed by atoms with Gasteiger partial charge in [0.05, 0.1) is 6.33 Å². The normalized spacial score (nSPS) is 15.3. The molecule has 1 aromatic rings. The predicted octanol–water partition coefficient (Wildman–Crippen LogP) is 0.960. The first-order valence-corrected chi connectivity index (χ1v) is 7.29. The number of hydrogen-bond donors (Lipinski definition) is 1. The SMILES string of the molecule is CC(C)C(CN)c1cncn1CCS(C)=O. The third-order valence-corrected chi connectivity index (χ3v) is 3.56. The van der Waals surface area contributed by atoms with E-state index in [1.807, 2.05) is 6.20 Å². The minimum absolute atomic E-state index is 0.327. The van der Waals surface area contributed by atoms with Gasteiger partial charge in [0, 0.05) is 53.7 Å². The van der Waals surface area contributed by atoms with Crippen LogP contribution >= 0.6 is 0 Å². The number of nitrogens with zero attached hydrogens (tertiary/aromatic N) is 2. The topological polar surface area (TPSA) is 60.9 Å². The fourth-order valence-electron chi connectivity index (χ4n) is 1.79. The average Bonchev–Trinajstić information content (AvgIpc) is 2.63. The highest BCUT2D eigenvalue weighted by molar-refractivity contribution is 7.84. The van der Waals surface area contributed by atoms with E-state index in [-0.39, 0.29) is 0 Å². The summed E-state index contributed by atoms with van der Waals surface area (Å²) in [6.45, 7) is 5.69. The van der Waals surface area contributed by atoms with Crippen molar-refractivity contribution < 1.29 is 4.21 Å². The van der Waals surface area contributed by atoms with Gasteiger partial charge in [-0.05, 0) is 5.92 Å². The Morgan fingerprint density at radius 2 is 2.25 bits per heavy atom. The molecule has 0 radical (unpaired) electrons. The van der Waals surface area contributed by atoms with Crippen LogP contribution in [0.2, 0.25) is 0 Å². The summed E-state index contributed by atoms with van der Waals surface area (Å²) in [5, 5.41) is 0. The Kier molecular flexibility index (Phi) is 5.15. The summed E-state index contributed by atoms with van der Waals surface area (Å²) in [7, 11) is -0.764. The highest BCUT2D eigenvalue weighted by Crippen LogP contribution is 2.22. The number of aryl methyl sites for hydroxylation is 1. The molecule has 0 fully saturated rings. The number of imidazole rings is 1. The van der Waals surface area contributed by atoms with Gasteiger partial charge >= 0.3 is 0 Å². The second-order valence-corrected chi connectivity index (χ2v) is 5.93. The van der Waals surface area contributed by atoms with Gasteiger partial charge in [0.2, 0.25) is 0 Å². The Morgan fingerprint density at radius 3 is 2.75 bits per heavy atom. The fourth-order valence-corrected chi connectivity index (χ4v) is 2.24.